The van der Waals surface area contributed by atoms with Gasteiger partial charge in [-0.3, -0.25) is 20.4 Å². The third kappa shape index (κ3) is 6.40. The summed E-state index contributed by atoms with van der Waals surface area (Å²) in [5.74, 6) is -0.748. The molecule has 0 saturated heterocycles. The van der Waals surface area contributed by atoms with Crippen molar-refractivity contribution in [1.29, 1.82) is 0 Å². The standard InChI is InChI=1S/C17H17ClN4O2S/c1-11-3-2-4-12(9-11)16(24)19-10-15(23)21-22-17(25)20-14-7-5-13(18)6-8-14/h2-9H,10H2,1H3,(H,19,24)(H,21,23)(H2,20,22,25). The molecule has 0 unspecified atom stereocenters. The van der Waals surface area contributed by atoms with E-state index in [2.05, 4.69) is 21.5 Å². The first-order chi connectivity index (χ1) is 11.9. The van der Waals surface area contributed by atoms with E-state index in [4.69, 9.17) is 23.8 Å². The highest BCUT2D eigenvalue weighted by atomic mass is 35.5. The van der Waals surface area contributed by atoms with Gasteiger partial charge in [0.2, 0.25) is 0 Å². The Morgan fingerprint density at radius 2 is 1.80 bits per heavy atom. The van der Waals surface area contributed by atoms with Crippen LogP contribution in [0.2, 0.25) is 5.02 Å². The van der Waals surface area contributed by atoms with Gasteiger partial charge in [-0.05, 0) is 55.5 Å². The second kappa shape index (κ2) is 9.00. The van der Waals surface area contributed by atoms with Crippen LogP contribution in [0.25, 0.3) is 0 Å². The molecule has 0 bridgehead atoms. The van der Waals surface area contributed by atoms with Gasteiger partial charge < -0.3 is 10.6 Å². The molecule has 8 heteroatoms. The van der Waals surface area contributed by atoms with Crippen LogP contribution in [0.4, 0.5) is 5.69 Å². The lowest BCUT2D eigenvalue weighted by atomic mass is 10.1. The van der Waals surface area contributed by atoms with Crippen molar-refractivity contribution in [2.45, 2.75) is 6.92 Å². The number of hydrazine groups is 1. The molecule has 2 aromatic rings. The van der Waals surface area contributed by atoms with Crippen LogP contribution in [0.1, 0.15) is 15.9 Å². The van der Waals surface area contributed by atoms with Gasteiger partial charge in [0, 0.05) is 16.3 Å². The van der Waals surface area contributed by atoms with Crippen molar-refractivity contribution >= 4 is 46.4 Å². The Morgan fingerprint density at radius 1 is 1.08 bits per heavy atom. The van der Waals surface area contributed by atoms with E-state index in [1.54, 1.807) is 42.5 Å². The summed E-state index contributed by atoms with van der Waals surface area (Å²) in [6.07, 6.45) is 0. The first kappa shape index (κ1) is 18.7. The zero-order chi connectivity index (χ0) is 18.2. The molecule has 0 aliphatic rings. The van der Waals surface area contributed by atoms with Crippen molar-refractivity contribution in [3.8, 4) is 0 Å². The predicted molar refractivity (Wildman–Crippen MR) is 102 cm³/mol. The largest absolute Gasteiger partial charge is 0.343 e. The normalized spacial score (nSPS) is 9.84. The number of halogens is 1. The Hall–Kier alpha value is -2.64. The van der Waals surface area contributed by atoms with Crippen LogP contribution in [0.5, 0.6) is 0 Å². The summed E-state index contributed by atoms with van der Waals surface area (Å²) in [6, 6.07) is 14.0. The van der Waals surface area contributed by atoms with Gasteiger partial charge in [0.15, 0.2) is 5.11 Å². The summed E-state index contributed by atoms with van der Waals surface area (Å²) in [4.78, 5) is 23.7. The number of benzene rings is 2. The maximum absolute atomic E-state index is 11.9. The number of rotatable bonds is 4. The summed E-state index contributed by atoms with van der Waals surface area (Å²) in [7, 11) is 0. The number of aryl methyl sites for hydroxylation is 1. The third-order valence-electron chi connectivity index (χ3n) is 3.11. The fourth-order valence-electron chi connectivity index (χ4n) is 1.92. The van der Waals surface area contributed by atoms with Crippen molar-refractivity contribution in [2.75, 3.05) is 11.9 Å². The predicted octanol–water partition coefficient (Wildman–Crippen LogP) is 2.40. The minimum absolute atomic E-state index is 0.177. The number of amides is 2. The van der Waals surface area contributed by atoms with E-state index < -0.39 is 5.91 Å². The molecule has 0 fully saturated rings. The lowest BCUT2D eigenvalue weighted by Crippen LogP contribution is -2.47. The summed E-state index contributed by atoms with van der Waals surface area (Å²) >= 11 is 10.9. The van der Waals surface area contributed by atoms with Gasteiger partial charge in [-0.15, -0.1) is 0 Å². The molecule has 2 aromatic carbocycles. The fraction of sp³-hybridized carbons (Fsp3) is 0.118. The molecular weight excluding hydrogens is 360 g/mol. The summed E-state index contributed by atoms with van der Waals surface area (Å²) in [5.41, 5.74) is 7.15. The molecule has 2 amide bonds. The lowest BCUT2D eigenvalue weighted by molar-refractivity contribution is -0.120. The average Bonchev–Trinajstić information content (AvgIpc) is 2.60. The first-order valence-corrected chi connectivity index (χ1v) is 8.19. The van der Waals surface area contributed by atoms with E-state index >= 15 is 0 Å². The van der Waals surface area contributed by atoms with Crippen LogP contribution >= 0.6 is 23.8 Å². The molecule has 0 aromatic heterocycles. The van der Waals surface area contributed by atoms with Crippen molar-refractivity contribution in [3.63, 3.8) is 0 Å². The molecule has 0 heterocycles. The molecule has 0 spiro atoms. The second-order valence-corrected chi connectivity index (χ2v) is 6.03. The van der Waals surface area contributed by atoms with Crippen LogP contribution in [-0.4, -0.2) is 23.5 Å². The minimum Gasteiger partial charge on any atom is -0.343 e. The average molecular weight is 377 g/mol. The van der Waals surface area contributed by atoms with Crippen molar-refractivity contribution in [3.05, 3.63) is 64.7 Å². The van der Waals surface area contributed by atoms with Gasteiger partial charge in [-0.2, -0.15) is 0 Å². The fourth-order valence-corrected chi connectivity index (χ4v) is 2.21. The number of anilines is 1. The van der Waals surface area contributed by atoms with Gasteiger partial charge in [0.25, 0.3) is 11.8 Å². The van der Waals surface area contributed by atoms with E-state index in [1.807, 2.05) is 13.0 Å². The lowest BCUT2D eigenvalue weighted by Gasteiger charge is -2.12. The Morgan fingerprint density at radius 3 is 2.48 bits per heavy atom. The maximum atomic E-state index is 11.9. The minimum atomic E-state index is -0.429. The van der Waals surface area contributed by atoms with Gasteiger partial charge >= 0.3 is 0 Å². The number of hydrogen-bond acceptors (Lipinski definition) is 3. The molecule has 2 rings (SSSR count). The van der Waals surface area contributed by atoms with E-state index in [9.17, 15) is 9.59 Å². The number of nitrogens with one attached hydrogen (secondary N) is 4. The summed E-state index contributed by atoms with van der Waals surface area (Å²) in [6.45, 7) is 1.71. The van der Waals surface area contributed by atoms with Crippen LogP contribution in [0.15, 0.2) is 48.5 Å². The SMILES string of the molecule is Cc1cccc(C(=O)NCC(=O)NNC(=S)Nc2ccc(Cl)cc2)c1. The monoisotopic (exact) mass is 376 g/mol. The van der Waals surface area contributed by atoms with E-state index in [0.717, 1.165) is 11.3 Å². The summed E-state index contributed by atoms with van der Waals surface area (Å²) in [5, 5.41) is 6.24. The van der Waals surface area contributed by atoms with Gasteiger partial charge in [-0.25, -0.2) is 0 Å². The second-order valence-electron chi connectivity index (χ2n) is 5.19. The quantitative estimate of drug-likeness (QED) is 0.486. The molecular formula is C17H17ClN4O2S. The number of thiocarbonyl (C=S) groups is 1. The van der Waals surface area contributed by atoms with Crippen LogP contribution < -0.4 is 21.5 Å². The van der Waals surface area contributed by atoms with Gasteiger partial charge in [0.05, 0.1) is 6.54 Å². The Bertz CT molecular complexity index is 780. The molecule has 0 aliphatic carbocycles. The highest BCUT2D eigenvalue weighted by Crippen LogP contribution is 2.12. The topological polar surface area (TPSA) is 82.3 Å². The van der Waals surface area contributed by atoms with Gasteiger partial charge in [-0.1, -0.05) is 29.3 Å². The zero-order valence-electron chi connectivity index (χ0n) is 13.4. The first-order valence-electron chi connectivity index (χ1n) is 7.40. The van der Waals surface area contributed by atoms with Crippen molar-refractivity contribution in [2.24, 2.45) is 0 Å². The maximum Gasteiger partial charge on any atom is 0.257 e. The van der Waals surface area contributed by atoms with Gasteiger partial charge in [0.1, 0.15) is 0 Å². The molecule has 0 aliphatic heterocycles. The number of carbonyl (C=O) groups excluding carboxylic acids is 2. The Kier molecular flexibility index (Phi) is 6.73. The van der Waals surface area contributed by atoms with E-state index in [-0.39, 0.29) is 17.6 Å². The molecule has 0 radical (unpaired) electrons. The smallest absolute Gasteiger partial charge is 0.257 e. The number of carbonyl (C=O) groups is 2. The van der Waals surface area contributed by atoms with Crippen molar-refractivity contribution in [1.82, 2.24) is 16.2 Å². The van der Waals surface area contributed by atoms with Crippen LogP contribution in [0, 0.1) is 6.92 Å². The van der Waals surface area contributed by atoms with E-state index in [0.29, 0.717) is 10.6 Å². The highest BCUT2D eigenvalue weighted by Gasteiger charge is 2.08. The summed E-state index contributed by atoms with van der Waals surface area (Å²) < 4.78 is 0. The number of hydrogen-bond donors (Lipinski definition) is 4. The Labute approximate surface area is 155 Å². The third-order valence-corrected chi connectivity index (χ3v) is 3.56. The van der Waals surface area contributed by atoms with E-state index in [1.165, 1.54) is 0 Å². The molecule has 6 nitrogen and oxygen atoms in total. The Balaban J connectivity index is 1.72. The molecule has 0 atom stereocenters. The zero-order valence-corrected chi connectivity index (χ0v) is 15.0. The van der Waals surface area contributed by atoms with Crippen molar-refractivity contribution < 1.29 is 9.59 Å². The van der Waals surface area contributed by atoms with Crippen LogP contribution in [0.3, 0.4) is 0 Å². The molecule has 130 valence electrons. The van der Waals surface area contributed by atoms with Crippen LogP contribution in [-0.2, 0) is 4.79 Å². The molecule has 4 N–H and O–H groups in total. The highest BCUT2D eigenvalue weighted by molar-refractivity contribution is 7.80. The molecule has 0 saturated carbocycles. The molecule has 25 heavy (non-hydrogen) atoms.